The van der Waals surface area contributed by atoms with E-state index >= 15 is 0 Å². The predicted molar refractivity (Wildman–Crippen MR) is 76.8 cm³/mol. The maximum absolute atomic E-state index is 12.2. The average Bonchev–Trinajstić information content (AvgIpc) is 3.27. The van der Waals surface area contributed by atoms with Crippen molar-refractivity contribution >= 4 is 5.91 Å². The fourth-order valence-electron chi connectivity index (χ4n) is 2.23. The summed E-state index contributed by atoms with van der Waals surface area (Å²) < 4.78 is 10.5. The molecule has 110 valence electrons. The van der Waals surface area contributed by atoms with Crippen LogP contribution in [-0.4, -0.2) is 26.7 Å². The van der Waals surface area contributed by atoms with E-state index in [2.05, 4.69) is 5.32 Å². The van der Waals surface area contributed by atoms with Crippen molar-refractivity contribution in [2.45, 2.75) is 25.8 Å². The van der Waals surface area contributed by atoms with Crippen LogP contribution in [0.5, 0.6) is 11.5 Å². The van der Waals surface area contributed by atoms with Crippen LogP contribution in [0.4, 0.5) is 0 Å². The molecule has 0 aromatic heterocycles. The number of ether oxygens (including phenoxy) is 2. The van der Waals surface area contributed by atoms with Gasteiger partial charge in [0.25, 0.3) is 0 Å². The molecule has 1 fully saturated rings. The molecule has 1 aromatic carbocycles. The van der Waals surface area contributed by atoms with E-state index in [9.17, 15) is 4.79 Å². The van der Waals surface area contributed by atoms with Crippen molar-refractivity contribution in [3.63, 3.8) is 0 Å². The van der Waals surface area contributed by atoms with Crippen molar-refractivity contribution in [2.24, 2.45) is 11.1 Å². The Morgan fingerprint density at radius 3 is 2.50 bits per heavy atom. The molecule has 1 aromatic rings. The first-order valence-electron chi connectivity index (χ1n) is 6.79. The first kappa shape index (κ1) is 14.7. The number of rotatable bonds is 6. The zero-order valence-electron chi connectivity index (χ0n) is 12.2. The van der Waals surface area contributed by atoms with Gasteiger partial charge in [0.1, 0.15) is 0 Å². The maximum atomic E-state index is 12.2. The van der Waals surface area contributed by atoms with E-state index in [0.29, 0.717) is 18.0 Å². The van der Waals surface area contributed by atoms with Crippen LogP contribution < -0.4 is 20.5 Å². The van der Waals surface area contributed by atoms with E-state index in [1.54, 1.807) is 14.2 Å². The Balaban J connectivity index is 2.09. The minimum absolute atomic E-state index is 0.0438. The normalized spacial score (nSPS) is 17.2. The number of carbonyl (C=O) groups is 1. The van der Waals surface area contributed by atoms with Crippen molar-refractivity contribution in [1.82, 2.24) is 5.32 Å². The second kappa shape index (κ2) is 5.71. The summed E-state index contributed by atoms with van der Waals surface area (Å²) in [6.07, 6.45) is 1.77. The molecule has 0 spiro atoms. The number of carbonyl (C=O) groups excluding carboxylic acids is 1. The van der Waals surface area contributed by atoms with Crippen molar-refractivity contribution in [1.29, 1.82) is 0 Å². The molecule has 1 aliphatic rings. The molecule has 5 nitrogen and oxygen atoms in total. The van der Waals surface area contributed by atoms with Crippen LogP contribution in [0.1, 0.15) is 31.4 Å². The van der Waals surface area contributed by atoms with E-state index in [0.717, 1.165) is 18.4 Å². The van der Waals surface area contributed by atoms with E-state index in [4.69, 9.17) is 15.2 Å². The Morgan fingerprint density at radius 2 is 2.00 bits per heavy atom. The fourth-order valence-corrected chi connectivity index (χ4v) is 2.23. The molecule has 0 bridgehead atoms. The Morgan fingerprint density at radius 1 is 1.35 bits per heavy atom. The van der Waals surface area contributed by atoms with E-state index in [-0.39, 0.29) is 17.4 Å². The molecule has 1 aliphatic carbocycles. The Labute approximate surface area is 119 Å². The van der Waals surface area contributed by atoms with Crippen LogP contribution in [0.15, 0.2) is 18.2 Å². The van der Waals surface area contributed by atoms with Gasteiger partial charge in [0, 0.05) is 6.54 Å². The van der Waals surface area contributed by atoms with Crippen molar-refractivity contribution in [3.05, 3.63) is 23.8 Å². The highest BCUT2D eigenvalue weighted by Crippen LogP contribution is 2.45. The molecule has 1 amide bonds. The molecule has 0 radical (unpaired) electrons. The third kappa shape index (κ3) is 2.72. The Hall–Kier alpha value is -1.75. The average molecular weight is 278 g/mol. The summed E-state index contributed by atoms with van der Waals surface area (Å²) in [6, 6.07) is 5.55. The van der Waals surface area contributed by atoms with Crippen molar-refractivity contribution < 1.29 is 14.3 Å². The molecule has 2 rings (SSSR count). The van der Waals surface area contributed by atoms with Crippen LogP contribution in [-0.2, 0) is 4.79 Å². The van der Waals surface area contributed by atoms with Crippen LogP contribution in [0.2, 0.25) is 0 Å². The van der Waals surface area contributed by atoms with Gasteiger partial charge in [-0.05, 0) is 37.5 Å². The third-order valence-corrected chi connectivity index (χ3v) is 3.98. The van der Waals surface area contributed by atoms with Gasteiger partial charge in [-0.25, -0.2) is 0 Å². The molecular weight excluding hydrogens is 256 g/mol. The molecule has 20 heavy (non-hydrogen) atoms. The molecule has 1 atom stereocenters. The number of methoxy groups -OCH3 is 2. The first-order valence-corrected chi connectivity index (χ1v) is 6.79. The standard InChI is InChI=1S/C15H22N2O3/c1-10(17-14(18)15(9-16)6-7-15)11-4-5-12(19-2)13(8-11)20-3/h4-5,8,10H,6-7,9,16H2,1-3H3,(H,17,18). The second-order valence-corrected chi connectivity index (χ2v) is 5.29. The first-order chi connectivity index (χ1) is 9.56. The van der Waals surface area contributed by atoms with Crippen LogP contribution in [0, 0.1) is 5.41 Å². The molecule has 1 saturated carbocycles. The summed E-state index contributed by atoms with van der Waals surface area (Å²) >= 11 is 0. The van der Waals surface area contributed by atoms with Gasteiger partial charge in [0.2, 0.25) is 5.91 Å². The highest BCUT2D eigenvalue weighted by Gasteiger charge is 2.48. The van der Waals surface area contributed by atoms with Gasteiger partial charge in [0.05, 0.1) is 25.7 Å². The highest BCUT2D eigenvalue weighted by atomic mass is 16.5. The largest absolute Gasteiger partial charge is 0.493 e. The third-order valence-electron chi connectivity index (χ3n) is 3.98. The Kier molecular flexibility index (Phi) is 4.18. The lowest BCUT2D eigenvalue weighted by Gasteiger charge is -2.19. The zero-order valence-corrected chi connectivity index (χ0v) is 12.2. The molecule has 5 heteroatoms. The number of amides is 1. The Bertz CT molecular complexity index is 498. The lowest BCUT2D eigenvalue weighted by atomic mass is 10.0. The maximum Gasteiger partial charge on any atom is 0.227 e. The fraction of sp³-hybridized carbons (Fsp3) is 0.533. The van der Waals surface area contributed by atoms with Gasteiger partial charge in [-0.2, -0.15) is 0 Å². The molecule has 0 saturated heterocycles. The van der Waals surface area contributed by atoms with Crippen LogP contribution in [0.3, 0.4) is 0 Å². The van der Waals surface area contributed by atoms with Crippen molar-refractivity contribution in [3.8, 4) is 11.5 Å². The summed E-state index contributed by atoms with van der Waals surface area (Å²) in [7, 11) is 3.19. The van der Waals surface area contributed by atoms with Gasteiger partial charge in [-0.1, -0.05) is 6.07 Å². The van der Waals surface area contributed by atoms with Crippen LogP contribution >= 0.6 is 0 Å². The van der Waals surface area contributed by atoms with E-state index < -0.39 is 0 Å². The highest BCUT2D eigenvalue weighted by molar-refractivity contribution is 5.85. The minimum Gasteiger partial charge on any atom is -0.493 e. The number of hydrogen-bond acceptors (Lipinski definition) is 4. The molecule has 0 aliphatic heterocycles. The van der Waals surface area contributed by atoms with Gasteiger partial charge >= 0.3 is 0 Å². The smallest absolute Gasteiger partial charge is 0.227 e. The summed E-state index contributed by atoms with van der Waals surface area (Å²) in [6.45, 7) is 2.36. The number of benzene rings is 1. The summed E-state index contributed by atoms with van der Waals surface area (Å²) in [5.41, 5.74) is 6.32. The monoisotopic (exact) mass is 278 g/mol. The van der Waals surface area contributed by atoms with E-state index in [1.165, 1.54) is 0 Å². The lowest BCUT2D eigenvalue weighted by molar-refractivity contribution is -0.126. The zero-order chi connectivity index (χ0) is 14.8. The lowest BCUT2D eigenvalue weighted by Crippen LogP contribution is -2.37. The summed E-state index contributed by atoms with van der Waals surface area (Å²) in [4.78, 5) is 12.2. The number of nitrogens with one attached hydrogen (secondary N) is 1. The topological polar surface area (TPSA) is 73.6 Å². The SMILES string of the molecule is COc1ccc(C(C)NC(=O)C2(CN)CC2)cc1OC. The predicted octanol–water partition coefficient (Wildman–Crippen LogP) is 1.62. The summed E-state index contributed by atoms with van der Waals surface area (Å²) in [5.74, 6) is 1.38. The minimum atomic E-state index is -0.329. The number of hydrogen-bond donors (Lipinski definition) is 2. The molecule has 3 N–H and O–H groups in total. The second-order valence-electron chi connectivity index (χ2n) is 5.29. The van der Waals surface area contributed by atoms with Gasteiger partial charge < -0.3 is 20.5 Å². The molecule has 0 heterocycles. The number of nitrogens with two attached hydrogens (primary N) is 1. The van der Waals surface area contributed by atoms with Gasteiger partial charge in [-0.3, -0.25) is 4.79 Å². The summed E-state index contributed by atoms with van der Waals surface area (Å²) in [5, 5.41) is 3.02. The van der Waals surface area contributed by atoms with Gasteiger partial charge in [0.15, 0.2) is 11.5 Å². The molecular formula is C15H22N2O3. The molecule has 1 unspecified atom stereocenters. The van der Waals surface area contributed by atoms with Gasteiger partial charge in [-0.15, -0.1) is 0 Å². The van der Waals surface area contributed by atoms with Crippen molar-refractivity contribution in [2.75, 3.05) is 20.8 Å². The quantitative estimate of drug-likeness (QED) is 0.829. The van der Waals surface area contributed by atoms with E-state index in [1.807, 2.05) is 25.1 Å². The van der Waals surface area contributed by atoms with Crippen LogP contribution in [0.25, 0.3) is 0 Å².